The number of carboxylic acid groups (broad SMARTS) is 1. The number of halogens is 3. The highest BCUT2D eigenvalue weighted by Crippen LogP contribution is 2.48. The SMILES string of the molecule is [C-]#[N+]c1sccc1-c1c(-c2cccc(-c3ccc(C(=O)O)c(F)c3Cl)c2)n(S(=O)(=O)c2ccc(C)cc2)c2ccc(F)cc12. The quantitative estimate of drug-likeness (QED) is 0.183. The fraction of sp³-hybridized carbons (Fsp3) is 0.0303. The molecular weight excluding hydrogens is 626 g/mol. The number of aromatic nitrogens is 1. The van der Waals surface area contributed by atoms with Crippen LogP contribution in [0.15, 0.2) is 95.2 Å². The lowest BCUT2D eigenvalue weighted by Gasteiger charge is -2.15. The molecule has 4 aromatic carbocycles. The molecule has 6 aromatic rings. The molecule has 218 valence electrons. The average molecular weight is 645 g/mol. The Kier molecular flexibility index (Phi) is 7.33. The first-order chi connectivity index (χ1) is 21.0. The molecular formula is C33H19ClF2N2O4S2. The van der Waals surface area contributed by atoms with Crippen LogP contribution in [0, 0.1) is 25.1 Å². The van der Waals surface area contributed by atoms with Crippen LogP contribution in [0.4, 0.5) is 13.8 Å². The third kappa shape index (κ3) is 4.75. The first kappa shape index (κ1) is 29.3. The topological polar surface area (TPSA) is 80.7 Å². The average Bonchev–Trinajstić information content (AvgIpc) is 3.60. The van der Waals surface area contributed by atoms with E-state index in [-0.39, 0.29) is 32.1 Å². The van der Waals surface area contributed by atoms with Crippen LogP contribution < -0.4 is 0 Å². The van der Waals surface area contributed by atoms with Crippen molar-refractivity contribution in [2.45, 2.75) is 11.8 Å². The Balaban J connectivity index is 1.73. The van der Waals surface area contributed by atoms with E-state index < -0.39 is 38.2 Å². The maximum absolute atomic E-state index is 14.9. The number of hydrogen-bond donors (Lipinski definition) is 1. The van der Waals surface area contributed by atoms with Crippen molar-refractivity contribution in [1.82, 2.24) is 3.97 Å². The molecule has 0 unspecified atom stereocenters. The summed E-state index contributed by atoms with van der Waals surface area (Å²) < 4.78 is 59.7. The van der Waals surface area contributed by atoms with Gasteiger partial charge in [0.05, 0.1) is 33.3 Å². The second kappa shape index (κ2) is 11.0. The van der Waals surface area contributed by atoms with Crippen molar-refractivity contribution in [2.75, 3.05) is 0 Å². The molecule has 6 rings (SSSR count). The zero-order chi connectivity index (χ0) is 31.3. The molecule has 2 heterocycles. The van der Waals surface area contributed by atoms with Gasteiger partial charge in [0.25, 0.3) is 10.0 Å². The van der Waals surface area contributed by atoms with Gasteiger partial charge in [0.15, 0.2) is 5.82 Å². The number of benzene rings is 4. The van der Waals surface area contributed by atoms with Crippen molar-refractivity contribution < 1.29 is 27.1 Å². The molecule has 0 bridgehead atoms. The fourth-order valence-electron chi connectivity index (χ4n) is 5.18. The largest absolute Gasteiger partial charge is 0.478 e. The van der Waals surface area contributed by atoms with Crippen molar-refractivity contribution in [3.63, 3.8) is 0 Å². The molecule has 0 aliphatic rings. The van der Waals surface area contributed by atoms with Crippen LogP contribution in [-0.4, -0.2) is 23.5 Å². The number of carboxylic acids is 1. The van der Waals surface area contributed by atoms with Crippen LogP contribution >= 0.6 is 22.9 Å². The first-order valence-corrected chi connectivity index (χ1v) is 15.7. The lowest BCUT2D eigenvalue weighted by Crippen LogP contribution is -2.14. The molecule has 0 saturated carbocycles. The summed E-state index contributed by atoms with van der Waals surface area (Å²) in [5.41, 5.74) is 2.29. The zero-order valence-corrected chi connectivity index (χ0v) is 25.1. The summed E-state index contributed by atoms with van der Waals surface area (Å²) in [6, 6.07) is 20.8. The number of nitrogens with zero attached hydrogens (tertiary/aromatic N) is 2. The van der Waals surface area contributed by atoms with Gasteiger partial charge in [0.1, 0.15) is 5.82 Å². The highest BCUT2D eigenvalue weighted by atomic mass is 35.5. The molecule has 0 amide bonds. The zero-order valence-electron chi connectivity index (χ0n) is 22.7. The summed E-state index contributed by atoms with van der Waals surface area (Å²) in [4.78, 5) is 15.1. The normalized spacial score (nSPS) is 11.5. The summed E-state index contributed by atoms with van der Waals surface area (Å²) in [5.74, 6) is -3.17. The Hall–Kier alpha value is -4.82. The van der Waals surface area contributed by atoms with E-state index in [1.54, 1.807) is 47.8 Å². The van der Waals surface area contributed by atoms with Gasteiger partial charge in [-0.05, 0) is 60.3 Å². The van der Waals surface area contributed by atoms with E-state index in [0.29, 0.717) is 22.3 Å². The molecule has 0 saturated heterocycles. The van der Waals surface area contributed by atoms with Gasteiger partial charge in [0.2, 0.25) is 5.00 Å². The van der Waals surface area contributed by atoms with Gasteiger partial charge in [-0.15, -0.1) is 0 Å². The number of fused-ring (bicyclic) bond motifs is 1. The Morgan fingerprint density at radius 1 is 0.955 bits per heavy atom. The van der Waals surface area contributed by atoms with E-state index in [1.807, 2.05) is 6.92 Å². The van der Waals surface area contributed by atoms with Gasteiger partial charge in [-0.25, -0.2) is 30.8 Å². The summed E-state index contributed by atoms with van der Waals surface area (Å²) in [5, 5.41) is 11.2. The molecule has 0 spiro atoms. The highest BCUT2D eigenvalue weighted by Gasteiger charge is 2.30. The number of aromatic carboxylic acids is 1. The molecule has 6 nitrogen and oxygen atoms in total. The minimum absolute atomic E-state index is 0.00150. The van der Waals surface area contributed by atoms with Crippen molar-refractivity contribution in [1.29, 1.82) is 0 Å². The summed E-state index contributed by atoms with van der Waals surface area (Å²) in [7, 11) is -4.30. The second-order valence-electron chi connectivity index (χ2n) is 9.89. The molecule has 1 N–H and O–H groups in total. The lowest BCUT2D eigenvalue weighted by atomic mass is 9.96. The summed E-state index contributed by atoms with van der Waals surface area (Å²) in [6.45, 7) is 9.57. The third-order valence-corrected chi connectivity index (χ3v) is 10.1. The molecule has 2 aromatic heterocycles. The molecule has 0 aliphatic heterocycles. The first-order valence-electron chi connectivity index (χ1n) is 13.0. The van der Waals surface area contributed by atoms with Gasteiger partial charge >= 0.3 is 5.97 Å². The van der Waals surface area contributed by atoms with Gasteiger partial charge in [0, 0.05) is 27.6 Å². The molecule has 0 fully saturated rings. The van der Waals surface area contributed by atoms with Gasteiger partial charge in [-0.1, -0.05) is 59.6 Å². The molecule has 0 radical (unpaired) electrons. The fourth-order valence-corrected chi connectivity index (χ4v) is 7.69. The Morgan fingerprint density at radius 3 is 2.39 bits per heavy atom. The summed E-state index contributed by atoms with van der Waals surface area (Å²) in [6.07, 6.45) is 0. The Morgan fingerprint density at radius 2 is 1.68 bits per heavy atom. The van der Waals surface area contributed by atoms with E-state index in [0.717, 1.165) is 15.6 Å². The van der Waals surface area contributed by atoms with Crippen molar-refractivity contribution >= 4 is 54.8 Å². The minimum atomic E-state index is -4.30. The van der Waals surface area contributed by atoms with Gasteiger partial charge in [-0.2, -0.15) is 11.3 Å². The monoisotopic (exact) mass is 644 g/mol. The smallest absolute Gasteiger partial charge is 0.338 e. The van der Waals surface area contributed by atoms with E-state index in [4.69, 9.17) is 18.2 Å². The number of hydrogen-bond acceptors (Lipinski definition) is 4. The lowest BCUT2D eigenvalue weighted by molar-refractivity contribution is 0.0692. The van der Waals surface area contributed by atoms with Gasteiger partial charge < -0.3 is 5.11 Å². The molecule has 11 heteroatoms. The van der Waals surface area contributed by atoms with Crippen LogP contribution in [0.1, 0.15) is 15.9 Å². The Bertz CT molecular complexity index is 2290. The predicted molar refractivity (Wildman–Crippen MR) is 168 cm³/mol. The van der Waals surface area contributed by atoms with Crippen LogP contribution in [0.3, 0.4) is 0 Å². The van der Waals surface area contributed by atoms with Crippen molar-refractivity contribution in [2.24, 2.45) is 0 Å². The number of rotatable bonds is 6. The molecule has 0 atom stereocenters. The maximum Gasteiger partial charge on any atom is 0.338 e. The van der Waals surface area contributed by atoms with Crippen molar-refractivity contribution in [3.8, 4) is 33.5 Å². The Labute approximate surface area is 259 Å². The maximum atomic E-state index is 14.9. The minimum Gasteiger partial charge on any atom is -0.478 e. The van der Waals surface area contributed by atoms with Crippen LogP contribution in [0.5, 0.6) is 0 Å². The van der Waals surface area contributed by atoms with E-state index in [9.17, 15) is 27.1 Å². The second-order valence-corrected chi connectivity index (χ2v) is 13.0. The number of carbonyl (C=O) groups is 1. The predicted octanol–water partition coefficient (Wildman–Crippen LogP) is 9.43. The van der Waals surface area contributed by atoms with Crippen LogP contribution in [0.2, 0.25) is 5.02 Å². The van der Waals surface area contributed by atoms with Crippen molar-refractivity contribution in [3.05, 3.63) is 130 Å². The van der Waals surface area contributed by atoms with Gasteiger partial charge in [-0.3, -0.25) is 0 Å². The molecule has 44 heavy (non-hydrogen) atoms. The summed E-state index contributed by atoms with van der Waals surface area (Å²) >= 11 is 7.46. The highest BCUT2D eigenvalue weighted by molar-refractivity contribution is 7.90. The third-order valence-electron chi connectivity index (χ3n) is 7.22. The molecule has 0 aliphatic carbocycles. The van der Waals surface area contributed by atoms with Crippen LogP contribution in [0.25, 0.3) is 49.3 Å². The van der Waals surface area contributed by atoms with E-state index in [2.05, 4.69) is 4.85 Å². The van der Waals surface area contributed by atoms with E-state index in [1.165, 1.54) is 47.7 Å². The van der Waals surface area contributed by atoms with Crippen LogP contribution in [-0.2, 0) is 10.0 Å². The van der Waals surface area contributed by atoms with E-state index >= 15 is 0 Å². The standard InChI is InChI=1S/C33H19ClF2N2O4S2/c1-18-6-9-22(10-7-18)44(41,42)38-27-13-8-21(35)17-26(27)28(24-14-15-43-32(24)37-2)31(38)20-5-3-4-19(16-20)23-11-12-25(33(39)40)30(36)29(23)34/h3-17H,1H3,(H,39,40). The number of aryl methyl sites for hydroxylation is 1. The number of thiophene rings is 1.